The third-order valence-corrected chi connectivity index (χ3v) is 3.22. The first-order valence-electron chi connectivity index (χ1n) is 7.48. The Bertz CT molecular complexity index is 381. The minimum atomic E-state index is 0. The van der Waals surface area contributed by atoms with Gasteiger partial charge in [0.2, 0.25) is 0 Å². The molecule has 1 aromatic carbocycles. The molecule has 120 valence electrons. The zero-order valence-corrected chi connectivity index (χ0v) is 15.5. The SMILES string of the molecule is CCCCN(C)CCN=C(N)NCCc1ccccc1.I. The molecule has 0 aromatic heterocycles. The fourth-order valence-corrected chi connectivity index (χ4v) is 1.92. The van der Waals surface area contributed by atoms with Crippen LogP contribution in [-0.4, -0.2) is 44.1 Å². The van der Waals surface area contributed by atoms with Gasteiger partial charge in [0, 0.05) is 13.1 Å². The predicted molar refractivity (Wildman–Crippen MR) is 102 cm³/mol. The summed E-state index contributed by atoms with van der Waals surface area (Å²) in [5, 5.41) is 3.16. The van der Waals surface area contributed by atoms with E-state index in [1.807, 2.05) is 6.07 Å². The van der Waals surface area contributed by atoms with Crippen LogP contribution < -0.4 is 11.1 Å². The molecule has 0 radical (unpaired) electrons. The fourth-order valence-electron chi connectivity index (χ4n) is 1.92. The summed E-state index contributed by atoms with van der Waals surface area (Å²) in [6.07, 6.45) is 3.44. The normalized spacial score (nSPS) is 11.3. The largest absolute Gasteiger partial charge is 0.370 e. The molecule has 0 fully saturated rings. The van der Waals surface area contributed by atoms with E-state index in [0.29, 0.717) is 5.96 Å². The molecular formula is C16H29IN4. The summed E-state index contributed by atoms with van der Waals surface area (Å²) in [4.78, 5) is 6.64. The molecule has 0 spiro atoms. The monoisotopic (exact) mass is 404 g/mol. The van der Waals surface area contributed by atoms with Crippen LogP contribution in [0.15, 0.2) is 35.3 Å². The molecule has 0 aliphatic heterocycles. The smallest absolute Gasteiger partial charge is 0.188 e. The van der Waals surface area contributed by atoms with Crippen molar-refractivity contribution in [2.45, 2.75) is 26.2 Å². The first-order chi connectivity index (χ1) is 9.72. The van der Waals surface area contributed by atoms with Crippen LogP contribution in [0.25, 0.3) is 0 Å². The second kappa shape index (κ2) is 12.9. The van der Waals surface area contributed by atoms with Crippen molar-refractivity contribution in [1.82, 2.24) is 10.2 Å². The van der Waals surface area contributed by atoms with Gasteiger partial charge in [-0.1, -0.05) is 43.7 Å². The summed E-state index contributed by atoms with van der Waals surface area (Å²) in [5.74, 6) is 0.546. The van der Waals surface area contributed by atoms with E-state index in [9.17, 15) is 0 Å². The first kappa shape index (κ1) is 20.2. The molecule has 5 heteroatoms. The summed E-state index contributed by atoms with van der Waals surface area (Å²) >= 11 is 0. The second-order valence-corrected chi connectivity index (χ2v) is 5.09. The Labute approximate surface area is 146 Å². The Morgan fingerprint density at radius 3 is 2.62 bits per heavy atom. The van der Waals surface area contributed by atoms with Crippen molar-refractivity contribution in [3.63, 3.8) is 0 Å². The van der Waals surface area contributed by atoms with Crippen molar-refractivity contribution >= 4 is 29.9 Å². The van der Waals surface area contributed by atoms with E-state index in [-0.39, 0.29) is 24.0 Å². The maximum Gasteiger partial charge on any atom is 0.188 e. The average Bonchev–Trinajstić information content (AvgIpc) is 2.46. The molecule has 0 aliphatic rings. The third-order valence-electron chi connectivity index (χ3n) is 3.22. The highest BCUT2D eigenvalue weighted by atomic mass is 127. The Hall–Kier alpha value is -0.820. The molecule has 0 saturated carbocycles. The van der Waals surface area contributed by atoms with Crippen molar-refractivity contribution in [3.05, 3.63) is 35.9 Å². The number of guanidine groups is 1. The van der Waals surface area contributed by atoms with E-state index in [1.165, 1.54) is 18.4 Å². The van der Waals surface area contributed by atoms with Crippen molar-refractivity contribution in [3.8, 4) is 0 Å². The number of unbranched alkanes of at least 4 members (excludes halogenated alkanes) is 1. The zero-order valence-electron chi connectivity index (χ0n) is 13.2. The average molecular weight is 404 g/mol. The van der Waals surface area contributed by atoms with Gasteiger partial charge in [-0.05, 0) is 32.0 Å². The van der Waals surface area contributed by atoms with Gasteiger partial charge in [-0.2, -0.15) is 0 Å². The maximum atomic E-state index is 5.84. The highest BCUT2D eigenvalue weighted by molar-refractivity contribution is 14.0. The van der Waals surface area contributed by atoms with Crippen molar-refractivity contribution in [2.24, 2.45) is 10.7 Å². The number of nitrogens with one attached hydrogen (secondary N) is 1. The number of hydrogen-bond acceptors (Lipinski definition) is 2. The van der Waals surface area contributed by atoms with Crippen LogP contribution in [0.3, 0.4) is 0 Å². The maximum absolute atomic E-state index is 5.84. The van der Waals surface area contributed by atoms with Gasteiger partial charge >= 0.3 is 0 Å². The number of rotatable bonds is 9. The summed E-state index contributed by atoms with van der Waals surface area (Å²) < 4.78 is 0. The molecule has 0 unspecified atom stereocenters. The zero-order chi connectivity index (χ0) is 14.6. The molecule has 1 aromatic rings. The van der Waals surface area contributed by atoms with Gasteiger partial charge in [0.25, 0.3) is 0 Å². The molecule has 3 N–H and O–H groups in total. The van der Waals surface area contributed by atoms with Crippen molar-refractivity contribution < 1.29 is 0 Å². The summed E-state index contributed by atoms with van der Waals surface area (Å²) in [7, 11) is 2.13. The van der Waals surface area contributed by atoms with Gasteiger partial charge < -0.3 is 16.0 Å². The fraction of sp³-hybridized carbons (Fsp3) is 0.562. The van der Waals surface area contributed by atoms with Crippen LogP contribution in [0, 0.1) is 0 Å². The van der Waals surface area contributed by atoms with Crippen LogP contribution in [0.4, 0.5) is 0 Å². The Morgan fingerprint density at radius 2 is 1.95 bits per heavy atom. The van der Waals surface area contributed by atoms with E-state index in [0.717, 1.165) is 32.6 Å². The predicted octanol–water partition coefficient (Wildman–Crippen LogP) is 2.48. The van der Waals surface area contributed by atoms with Gasteiger partial charge in [0.05, 0.1) is 6.54 Å². The topological polar surface area (TPSA) is 53.6 Å². The quantitative estimate of drug-likeness (QED) is 0.378. The van der Waals surface area contributed by atoms with E-state index in [4.69, 9.17) is 5.73 Å². The molecule has 0 heterocycles. The number of hydrogen-bond donors (Lipinski definition) is 2. The van der Waals surface area contributed by atoms with Crippen LogP contribution in [0.1, 0.15) is 25.3 Å². The van der Waals surface area contributed by atoms with Crippen molar-refractivity contribution in [1.29, 1.82) is 0 Å². The molecule has 21 heavy (non-hydrogen) atoms. The number of nitrogens with zero attached hydrogens (tertiary/aromatic N) is 2. The van der Waals surface area contributed by atoms with Gasteiger partial charge in [-0.25, -0.2) is 0 Å². The Balaban J connectivity index is 0.00000400. The number of benzene rings is 1. The second-order valence-electron chi connectivity index (χ2n) is 5.09. The van der Waals surface area contributed by atoms with Crippen LogP contribution in [0.5, 0.6) is 0 Å². The molecule has 1 rings (SSSR count). The van der Waals surface area contributed by atoms with E-state index in [1.54, 1.807) is 0 Å². The minimum absolute atomic E-state index is 0. The molecule has 0 bridgehead atoms. The number of nitrogens with two attached hydrogens (primary N) is 1. The van der Waals surface area contributed by atoms with Crippen LogP contribution in [-0.2, 0) is 6.42 Å². The molecule has 0 atom stereocenters. The number of aliphatic imine (C=N–C) groups is 1. The lowest BCUT2D eigenvalue weighted by atomic mass is 10.1. The summed E-state index contributed by atoms with van der Waals surface area (Å²) in [6.45, 7) is 5.88. The molecule has 4 nitrogen and oxygen atoms in total. The lowest BCUT2D eigenvalue weighted by molar-refractivity contribution is 0.337. The van der Waals surface area contributed by atoms with Gasteiger partial charge in [-0.3, -0.25) is 4.99 Å². The molecule has 0 amide bonds. The molecule has 0 saturated heterocycles. The Kier molecular flexibility index (Phi) is 12.4. The molecular weight excluding hydrogens is 375 g/mol. The van der Waals surface area contributed by atoms with E-state index < -0.39 is 0 Å². The Morgan fingerprint density at radius 1 is 1.24 bits per heavy atom. The van der Waals surface area contributed by atoms with Gasteiger partial charge in [0.1, 0.15) is 0 Å². The van der Waals surface area contributed by atoms with E-state index >= 15 is 0 Å². The van der Waals surface area contributed by atoms with Crippen LogP contribution >= 0.6 is 24.0 Å². The minimum Gasteiger partial charge on any atom is -0.370 e. The first-order valence-corrected chi connectivity index (χ1v) is 7.48. The van der Waals surface area contributed by atoms with Gasteiger partial charge in [0.15, 0.2) is 5.96 Å². The molecule has 0 aliphatic carbocycles. The van der Waals surface area contributed by atoms with Gasteiger partial charge in [-0.15, -0.1) is 24.0 Å². The summed E-state index contributed by atoms with van der Waals surface area (Å²) in [5.41, 5.74) is 7.16. The number of halogens is 1. The standard InChI is InChI=1S/C16H28N4.HI/c1-3-4-13-20(2)14-12-19-16(17)18-11-10-15-8-6-5-7-9-15;/h5-9H,3-4,10-14H2,1-2H3,(H3,17,18,19);1H. The third kappa shape index (κ3) is 10.5. The lowest BCUT2D eigenvalue weighted by Crippen LogP contribution is -2.34. The lowest BCUT2D eigenvalue weighted by Gasteiger charge is -2.14. The van der Waals surface area contributed by atoms with Crippen LogP contribution in [0.2, 0.25) is 0 Å². The summed E-state index contributed by atoms with van der Waals surface area (Å²) in [6, 6.07) is 10.4. The van der Waals surface area contributed by atoms with Crippen molar-refractivity contribution in [2.75, 3.05) is 33.2 Å². The van der Waals surface area contributed by atoms with E-state index in [2.05, 4.69) is 53.4 Å². The number of likely N-dealkylation sites (N-methyl/N-ethyl adjacent to an activating group) is 1. The highest BCUT2D eigenvalue weighted by Gasteiger charge is 1.97. The highest BCUT2D eigenvalue weighted by Crippen LogP contribution is 1.97.